The zero-order chi connectivity index (χ0) is 17.2. The van der Waals surface area contributed by atoms with Crippen LogP contribution in [0.2, 0.25) is 0 Å². The van der Waals surface area contributed by atoms with Crippen LogP contribution in [0.15, 0.2) is 29.4 Å². The van der Waals surface area contributed by atoms with Crippen LogP contribution >= 0.6 is 24.0 Å². The lowest BCUT2D eigenvalue weighted by Crippen LogP contribution is -2.47. The van der Waals surface area contributed by atoms with Gasteiger partial charge in [0.05, 0.1) is 6.54 Å². The van der Waals surface area contributed by atoms with Gasteiger partial charge in [0, 0.05) is 45.0 Å². The molecular formula is C18H30IN5O. The fourth-order valence-electron chi connectivity index (χ4n) is 2.88. The number of pyridine rings is 1. The van der Waals surface area contributed by atoms with Crippen molar-refractivity contribution in [2.45, 2.75) is 44.6 Å². The highest BCUT2D eigenvalue weighted by atomic mass is 127. The Kier molecular flexibility index (Phi) is 10.4. The fraction of sp³-hybridized carbons (Fsp3) is 0.611. The van der Waals surface area contributed by atoms with E-state index in [4.69, 9.17) is 0 Å². The first-order valence-corrected chi connectivity index (χ1v) is 8.80. The number of rotatable bonds is 6. The molecule has 0 spiro atoms. The standard InChI is InChI=1S/C18H29N5O.HI/c1-19-18(22-16-9-4-3-5-10-16)21-14-17(24)23(2)13-11-15-8-6-7-12-20-15;/h6-8,12,16H,3-5,9-11,13-14H2,1-2H3,(H2,19,21,22);1H. The van der Waals surface area contributed by atoms with E-state index in [-0.39, 0.29) is 36.4 Å². The maximum Gasteiger partial charge on any atom is 0.241 e. The van der Waals surface area contributed by atoms with Gasteiger partial charge in [-0.25, -0.2) is 0 Å². The lowest BCUT2D eigenvalue weighted by Gasteiger charge is -2.25. The van der Waals surface area contributed by atoms with Gasteiger partial charge in [-0.2, -0.15) is 0 Å². The predicted octanol–water partition coefficient (Wildman–Crippen LogP) is 2.20. The number of aromatic nitrogens is 1. The van der Waals surface area contributed by atoms with Gasteiger partial charge in [-0.15, -0.1) is 24.0 Å². The number of guanidine groups is 1. The second kappa shape index (κ2) is 12.1. The molecule has 1 aliphatic carbocycles. The molecule has 0 aromatic carbocycles. The number of likely N-dealkylation sites (N-methyl/N-ethyl adjacent to an activating group) is 1. The average Bonchev–Trinajstić information content (AvgIpc) is 2.64. The zero-order valence-electron chi connectivity index (χ0n) is 15.2. The van der Waals surface area contributed by atoms with E-state index in [1.165, 1.54) is 32.1 Å². The lowest BCUT2D eigenvalue weighted by atomic mass is 9.96. The maximum absolute atomic E-state index is 12.2. The van der Waals surface area contributed by atoms with Crippen LogP contribution in [0, 0.1) is 0 Å². The van der Waals surface area contributed by atoms with Crippen molar-refractivity contribution in [2.24, 2.45) is 4.99 Å². The summed E-state index contributed by atoms with van der Waals surface area (Å²) in [5, 5.41) is 6.54. The smallest absolute Gasteiger partial charge is 0.241 e. The highest BCUT2D eigenvalue weighted by Crippen LogP contribution is 2.17. The highest BCUT2D eigenvalue weighted by molar-refractivity contribution is 14.0. The van der Waals surface area contributed by atoms with Crippen molar-refractivity contribution in [3.63, 3.8) is 0 Å². The Bertz CT molecular complexity index is 532. The molecular weight excluding hydrogens is 429 g/mol. The molecule has 0 atom stereocenters. The third-order valence-corrected chi connectivity index (χ3v) is 4.43. The Morgan fingerprint density at radius 2 is 2.08 bits per heavy atom. The molecule has 2 rings (SSSR count). The number of hydrogen-bond donors (Lipinski definition) is 2. The van der Waals surface area contributed by atoms with Crippen molar-refractivity contribution < 1.29 is 4.79 Å². The van der Waals surface area contributed by atoms with Gasteiger partial charge in [0.15, 0.2) is 5.96 Å². The van der Waals surface area contributed by atoms with Gasteiger partial charge in [-0.1, -0.05) is 25.3 Å². The van der Waals surface area contributed by atoms with Crippen molar-refractivity contribution in [3.05, 3.63) is 30.1 Å². The third kappa shape index (κ3) is 8.02. The van der Waals surface area contributed by atoms with Crippen molar-refractivity contribution in [2.75, 3.05) is 27.2 Å². The Balaban J connectivity index is 0.00000312. The number of carbonyl (C=O) groups is 1. The largest absolute Gasteiger partial charge is 0.354 e. The van der Waals surface area contributed by atoms with Gasteiger partial charge in [-0.3, -0.25) is 14.8 Å². The molecule has 1 amide bonds. The Morgan fingerprint density at radius 3 is 2.72 bits per heavy atom. The second-order valence-corrected chi connectivity index (χ2v) is 6.29. The van der Waals surface area contributed by atoms with Crippen LogP contribution in [0.4, 0.5) is 0 Å². The van der Waals surface area contributed by atoms with Crippen molar-refractivity contribution >= 4 is 35.8 Å². The molecule has 0 aliphatic heterocycles. The maximum atomic E-state index is 12.2. The van der Waals surface area contributed by atoms with Crippen molar-refractivity contribution in [1.82, 2.24) is 20.5 Å². The second-order valence-electron chi connectivity index (χ2n) is 6.29. The van der Waals surface area contributed by atoms with E-state index in [0.29, 0.717) is 18.5 Å². The number of nitrogens with one attached hydrogen (secondary N) is 2. The van der Waals surface area contributed by atoms with E-state index in [0.717, 1.165) is 12.1 Å². The first kappa shape index (κ1) is 21.7. The lowest BCUT2D eigenvalue weighted by molar-refractivity contribution is -0.128. The Labute approximate surface area is 167 Å². The molecule has 0 bridgehead atoms. The van der Waals surface area contributed by atoms with Gasteiger partial charge < -0.3 is 15.5 Å². The van der Waals surface area contributed by atoms with E-state index in [9.17, 15) is 4.79 Å². The van der Waals surface area contributed by atoms with Crippen molar-refractivity contribution in [1.29, 1.82) is 0 Å². The van der Waals surface area contributed by atoms with Crippen LogP contribution < -0.4 is 10.6 Å². The minimum absolute atomic E-state index is 0. The van der Waals surface area contributed by atoms with Crippen LogP contribution in [0.5, 0.6) is 0 Å². The van der Waals surface area contributed by atoms with Gasteiger partial charge in [0.25, 0.3) is 0 Å². The predicted molar refractivity (Wildman–Crippen MR) is 112 cm³/mol. The Morgan fingerprint density at radius 1 is 1.32 bits per heavy atom. The van der Waals surface area contributed by atoms with Gasteiger partial charge >= 0.3 is 0 Å². The zero-order valence-corrected chi connectivity index (χ0v) is 17.5. The fourth-order valence-corrected chi connectivity index (χ4v) is 2.88. The molecule has 25 heavy (non-hydrogen) atoms. The van der Waals surface area contributed by atoms with Crippen LogP contribution in [0.25, 0.3) is 0 Å². The molecule has 1 aromatic heterocycles. The number of amides is 1. The topological polar surface area (TPSA) is 69.6 Å². The summed E-state index contributed by atoms with van der Waals surface area (Å²) in [4.78, 5) is 22.5. The molecule has 140 valence electrons. The third-order valence-electron chi connectivity index (χ3n) is 4.43. The first-order valence-electron chi connectivity index (χ1n) is 8.80. The van der Waals surface area contributed by atoms with Gasteiger partial charge in [0.2, 0.25) is 5.91 Å². The molecule has 1 aromatic rings. The van der Waals surface area contributed by atoms with E-state index < -0.39 is 0 Å². The molecule has 1 heterocycles. The summed E-state index contributed by atoms with van der Waals surface area (Å²) in [6.07, 6.45) is 8.76. The molecule has 0 unspecified atom stereocenters. The summed E-state index contributed by atoms with van der Waals surface area (Å²) < 4.78 is 0. The minimum Gasteiger partial charge on any atom is -0.354 e. The number of hydrogen-bond acceptors (Lipinski definition) is 3. The van der Waals surface area contributed by atoms with Crippen LogP contribution in [-0.2, 0) is 11.2 Å². The molecule has 1 fully saturated rings. The molecule has 2 N–H and O–H groups in total. The summed E-state index contributed by atoms with van der Waals surface area (Å²) in [7, 11) is 3.57. The highest BCUT2D eigenvalue weighted by Gasteiger charge is 2.15. The molecule has 6 nitrogen and oxygen atoms in total. The summed E-state index contributed by atoms with van der Waals surface area (Å²) in [5.74, 6) is 0.769. The van der Waals surface area contributed by atoms with Crippen molar-refractivity contribution in [3.8, 4) is 0 Å². The van der Waals surface area contributed by atoms with Gasteiger partial charge in [0.1, 0.15) is 0 Å². The summed E-state index contributed by atoms with van der Waals surface area (Å²) in [6, 6.07) is 6.31. The molecule has 7 heteroatoms. The summed E-state index contributed by atoms with van der Waals surface area (Å²) in [6.45, 7) is 0.914. The number of nitrogens with zero attached hydrogens (tertiary/aromatic N) is 3. The normalized spacial score (nSPS) is 15.2. The van der Waals surface area contributed by atoms with E-state index in [2.05, 4.69) is 20.6 Å². The minimum atomic E-state index is 0. The number of halogens is 1. The monoisotopic (exact) mass is 459 g/mol. The number of carbonyl (C=O) groups excluding carboxylic acids is 1. The Hall–Kier alpha value is -1.38. The number of aliphatic imine (C=N–C) groups is 1. The quantitative estimate of drug-likeness (QED) is 0.389. The van der Waals surface area contributed by atoms with Crippen LogP contribution in [-0.4, -0.2) is 55.0 Å². The first-order chi connectivity index (χ1) is 11.7. The van der Waals surface area contributed by atoms with E-state index in [1.54, 1.807) is 18.1 Å². The van der Waals surface area contributed by atoms with E-state index in [1.807, 2.05) is 25.2 Å². The van der Waals surface area contributed by atoms with Gasteiger partial charge in [-0.05, 0) is 25.0 Å². The van der Waals surface area contributed by atoms with Crippen LogP contribution in [0.3, 0.4) is 0 Å². The summed E-state index contributed by atoms with van der Waals surface area (Å²) >= 11 is 0. The molecule has 1 saturated carbocycles. The SMILES string of the molecule is CN=C(NCC(=O)N(C)CCc1ccccn1)NC1CCCCC1.I. The molecule has 0 radical (unpaired) electrons. The van der Waals surface area contributed by atoms with E-state index >= 15 is 0 Å². The molecule has 0 saturated heterocycles. The van der Waals surface area contributed by atoms with Crippen LogP contribution in [0.1, 0.15) is 37.8 Å². The summed E-state index contributed by atoms with van der Waals surface area (Å²) in [5.41, 5.74) is 1.000. The molecule has 1 aliphatic rings. The average molecular weight is 459 g/mol.